The van der Waals surface area contributed by atoms with E-state index in [1.54, 1.807) is 6.20 Å². The molecule has 0 bridgehead atoms. The number of carbonyl (C=O) groups excluding carboxylic acids is 2. The van der Waals surface area contributed by atoms with E-state index in [1.165, 1.54) is 11.1 Å². The summed E-state index contributed by atoms with van der Waals surface area (Å²) < 4.78 is 0. The van der Waals surface area contributed by atoms with Gasteiger partial charge >= 0.3 is 0 Å². The monoisotopic (exact) mass is 423 g/mol. The number of piperidine rings is 1. The summed E-state index contributed by atoms with van der Waals surface area (Å²) in [5.74, 6) is 0.488. The van der Waals surface area contributed by atoms with Gasteiger partial charge in [-0.3, -0.25) is 19.6 Å². The van der Waals surface area contributed by atoms with Crippen molar-refractivity contribution in [3.05, 3.63) is 52.8 Å². The Morgan fingerprint density at radius 3 is 2.52 bits per heavy atom. The van der Waals surface area contributed by atoms with E-state index in [0.29, 0.717) is 25.2 Å². The summed E-state index contributed by atoms with van der Waals surface area (Å²) in [5, 5.41) is 7.23. The standard InChI is InChI=1S/C24H33N5O2/c1-3-28(4-2)24(31)21-15-25-26-23(21)19-10-13-29(14-11-19)22(30)17-27-12-9-18-7-5-6-8-20(18)16-27/h5-8,15,19H,3-4,9-14,16-17H2,1-2H3,(H,25,26). The van der Waals surface area contributed by atoms with Crippen LogP contribution in [0, 0.1) is 0 Å². The molecule has 2 aliphatic heterocycles. The van der Waals surface area contributed by atoms with E-state index in [-0.39, 0.29) is 17.7 Å². The van der Waals surface area contributed by atoms with E-state index >= 15 is 0 Å². The third-order valence-electron chi connectivity index (χ3n) is 6.77. The molecule has 3 heterocycles. The first kappa shape index (κ1) is 21.6. The highest BCUT2D eigenvalue weighted by Gasteiger charge is 2.30. The lowest BCUT2D eigenvalue weighted by molar-refractivity contribution is -0.133. The number of rotatable bonds is 6. The lowest BCUT2D eigenvalue weighted by atomic mass is 9.91. The van der Waals surface area contributed by atoms with Crippen LogP contribution in [-0.2, 0) is 17.8 Å². The number of nitrogens with zero attached hydrogens (tertiary/aromatic N) is 4. The number of likely N-dealkylation sites (tertiary alicyclic amines) is 1. The van der Waals surface area contributed by atoms with Crippen LogP contribution >= 0.6 is 0 Å². The summed E-state index contributed by atoms with van der Waals surface area (Å²) in [4.78, 5) is 31.8. The number of benzene rings is 1. The van der Waals surface area contributed by atoms with Crippen molar-refractivity contribution >= 4 is 11.8 Å². The fraction of sp³-hybridized carbons (Fsp3) is 0.542. The molecule has 2 aromatic rings. The second kappa shape index (κ2) is 9.64. The van der Waals surface area contributed by atoms with Gasteiger partial charge in [0.2, 0.25) is 5.91 Å². The number of aromatic nitrogens is 2. The maximum Gasteiger partial charge on any atom is 0.257 e. The van der Waals surface area contributed by atoms with Crippen LogP contribution in [0.4, 0.5) is 0 Å². The van der Waals surface area contributed by atoms with E-state index in [0.717, 1.165) is 51.1 Å². The average Bonchev–Trinajstić information content (AvgIpc) is 3.30. The molecule has 0 aliphatic carbocycles. The van der Waals surface area contributed by atoms with E-state index in [1.807, 2.05) is 23.6 Å². The molecule has 7 nitrogen and oxygen atoms in total. The van der Waals surface area contributed by atoms with Crippen molar-refractivity contribution in [1.29, 1.82) is 0 Å². The van der Waals surface area contributed by atoms with Gasteiger partial charge in [-0.1, -0.05) is 24.3 Å². The summed E-state index contributed by atoms with van der Waals surface area (Å²) in [6.45, 7) is 9.08. The molecule has 1 N–H and O–H groups in total. The van der Waals surface area contributed by atoms with Gasteiger partial charge in [-0.25, -0.2) is 0 Å². The molecule has 0 spiro atoms. The van der Waals surface area contributed by atoms with Crippen LogP contribution in [-0.4, -0.2) is 76.0 Å². The molecule has 7 heteroatoms. The van der Waals surface area contributed by atoms with Gasteiger partial charge in [-0.05, 0) is 44.2 Å². The predicted molar refractivity (Wildman–Crippen MR) is 120 cm³/mol. The normalized spacial score (nSPS) is 17.4. The average molecular weight is 424 g/mol. The van der Waals surface area contributed by atoms with Crippen molar-refractivity contribution in [1.82, 2.24) is 24.9 Å². The first-order valence-electron chi connectivity index (χ1n) is 11.5. The van der Waals surface area contributed by atoms with Gasteiger partial charge in [-0.2, -0.15) is 5.10 Å². The lowest BCUT2D eigenvalue weighted by Crippen LogP contribution is -2.45. The van der Waals surface area contributed by atoms with Crippen molar-refractivity contribution in [2.75, 3.05) is 39.3 Å². The first-order chi connectivity index (χ1) is 15.1. The number of H-pyrrole nitrogens is 1. The number of nitrogens with one attached hydrogen (secondary N) is 1. The number of amides is 2. The zero-order valence-corrected chi connectivity index (χ0v) is 18.6. The zero-order valence-electron chi connectivity index (χ0n) is 18.6. The Morgan fingerprint density at radius 2 is 1.81 bits per heavy atom. The summed E-state index contributed by atoms with van der Waals surface area (Å²) in [6.07, 6.45) is 4.38. The molecule has 0 unspecified atom stereocenters. The molecule has 4 rings (SSSR count). The molecule has 2 aliphatic rings. The molecular weight excluding hydrogens is 390 g/mol. The van der Waals surface area contributed by atoms with Gasteiger partial charge < -0.3 is 9.80 Å². The molecule has 1 aromatic heterocycles. The van der Waals surface area contributed by atoms with Crippen LogP contribution in [0.1, 0.15) is 59.8 Å². The number of hydrogen-bond donors (Lipinski definition) is 1. The molecule has 2 amide bonds. The molecule has 1 aromatic carbocycles. The highest BCUT2D eigenvalue weighted by atomic mass is 16.2. The first-order valence-corrected chi connectivity index (χ1v) is 11.5. The fourth-order valence-electron chi connectivity index (χ4n) is 4.86. The van der Waals surface area contributed by atoms with Crippen molar-refractivity contribution in [3.63, 3.8) is 0 Å². The van der Waals surface area contributed by atoms with Crippen LogP contribution in [0.5, 0.6) is 0 Å². The van der Waals surface area contributed by atoms with Gasteiger partial charge in [0.15, 0.2) is 0 Å². The van der Waals surface area contributed by atoms with Gasteiger partial charge in [0.05, 0.1) is 24.0 Å². The molecule has 31 heavy (non-hydrogen) atoms. The largest absolute Gasteiger partial charge is 0.342 e. The van der Waals surface area contributed by atoms with Crippen LogP contribution in [0.15, 0.2) is 30.5 Å². The fourth-order valence-corrected chi connectivity index (χ4v) is 4.86. The van der Waals surface area contributed by atoms with Crippen molar-refractivity contribution < 1.29 is 9.59 Å². The number of hydrogen-bond acceptors (Lipinski definition) is 4. The molecule has 166 valence electrons. The summed E-state index contributed by atoms with van der Waals surface area (Å²) >= 11 is 0. The number of fused-ring (bicyclic) bond motifs is 1. The van der Waals surface area contributed by atoms with Crippen LogP contribution in [0.2, 0.25) is 0 Å². The Labute approximate surface area is 184 Å². The maximum atomic E-state index is 12.9. The highest BCUT2D eigenvalue weighted by Crippen LogP contribution is 2.30. The molecule has 1 fully saturated rings. The maximum absolute atomic E-state index is 12.9. The lowest BCUT2D eigenvalue weighted by Gasteiger charge is -2.35. The summed E-state index contributed by atoms with van der Waals surface area (Å²) in [6, 6.07) is 8.51. The smallest absolute Gasteiger partial charge is 0.257 e. The quantitative estimate of drug-likeness (QED) is 0.775. The Kier molecular flexibility index (Phi) is 6.70. The van der Waals surface area contributed by atoms with Crippen LogP contribution < -0.4 is 0 Å². The van der Waals surface area contributed by atoms with Crippen molar-refractivity contribution in [2.24, 2.45) is 0 Å². The molecule has 0 radical (unpaired) electrons. The van der Waals surface area contributed by atoms with Crippen molar-refractivity contribution in [3.8, 4) is 0 Å². The van der Waals surface area contributed by atoms with E-state index in [2.05, 4.69) is 39.4 Å². The third kappa shape index (κ3) is 4.66. The Balaban J connectivity index is 1.32. The highest BCUT2D eigenvalue weighted by molar-refractivity contribution is 5.95. The van der Waals surface area contributed by atoms with E-state index in [4.69, 9.17) is 0 Å². The van der Waals surface area contributed by atoms with Gasteiger partial charge in [0.1, 0.15) is 0 Å². The SMILES string of the molecule is CCN(CC)C(=O)c1cn[nH]c1C1CCN(C(=O)CN2CCc3ccccc3C2)CC1. The number of carbonyl (C=O) groups is 2. The summed E-state index contributed by atoms with van der Waals surface area (Å²) in [5.41, 5.74) is 4.35. The topological polar surface area (TPSA) is 72.5 Å². The van der Waals surface area contributed by atoms with Crippen LogP contribution in [0.3, 0.4) is 0 Å². The van der Waals surface area contributed by atoms with Crippen molar-refractivity contribution in [2.45, 2.75) is 45.6 Å². The minimum atomic E-state index is 0.0395. The van der Waals surface area contributed by atoms with Gasteiger partial charge in [-0.15, -0.1) is 0 Å². The predicted octanol–water partition coefficient (Wildman–Crippen LogP) is 2.66. The zero-order chi connectivity index (χ0) is 21.8. The second-order valence-corrected chi connectivity index (χ2v) is 8.56. The van der Waals surface area contributed by atoms with Crippen LogP contribution in [0.25, 0.3) is 0 Å². The molecule has 1 saturated heterocycles. The minimum Gasteiger partial charge on any atom is -0.342 e. The molecule has 0 saturated carbocycles. The Morgan fingerprint density at radius 1 is 1.10 bits per heavy atom. The van der Waals surface area contributed by atoms with Gasteiger partial charge in [0.25, 0.3) is 5.91 Å². The third-order valence-corrected chi connectivity index (χ3v) is 6.77. The Bertz CT molecular complexity index is 912. The number of aromatic amines is 1. The van der Waals surface area contributed by atoms with Gasteiger partial charge in [0, 0.05) is 45.2 Å². The Hall–Kier alpha value is -2.67. The minimum absolute atomic E-state index is 0.0395. The molecular formula is C24H33N5O2. The second-order valence-electron chi connectivity index (χ2n) is 8.56. The van der Waals surface area contributed by atoms with E-state index < -0.39 is 0 Å². The molecule has 0 atom stereocenters. The van der Waals surface area contributed by atoms with E-state index in [9.17, 15) is 9.59 Å². The summed E-state index contributed by atoms with van der Waals surface area (Å²) in [7, 11) is 0.